The van der Waals surface area contributed by atoms with E-state index in [0.29, 0.717) is 0 Å². The van der Waals surface area contributed by atoms with Crippen LogP contribution in [0.5, 0.6) is 0 Å². The van der Waals surface area contributed by atoms with E-state index in [0.717, 1.165) is 21.6 Å². The highest BCUT2D eigenvalue weighted by Crippen LogP contribution is 2.12. The minimum atomic E-state index is 0.760. The molecule has 1 unspecified atom stereocenters. The Morgan fingerprint density at radius 1 is 1.58 bits per heavy atom. The zero-order valence-corrected chi connectivity index (χ0v) is 8.38. The first-order valence-electron chi connectivity index (χ1n) is 3.32. The first-order chi connectivity index (χ1) is 5.81. The second-order valence-electron chi connectivity index (χ2n) is 2.23. The summed E-state index contributed by atoms with van der Waals surface area (Å²) in [6.45, 7) is 0. The van der Waals surface area contributed by atoms with Crippen molar-refractivity contribution in [2.75, 3.05) is 6.26 Å². The molecular weight excluding hydrogens is 191 g/mol. The summed E-state index contributed by atoms with van der Waals surface area (Å²) in [5.74, 6) is 0. The average Bonchev–Trinajstić information content (AvgIpc) is 2.47. The Balaban J connectivity index is 2.69. The summed E-state index contributed by atoms with van der Waals surface area (Å²) in [7, 11) is 2.53. The molecule has 4 nitrogen and oxygen atoms in total. The molecule has 2 aromatic rings. The highest BCUT2D eigenvalue weighted by molar-refractivity contribution is 7.98. The fourth-order valence-electron chi connectivity index (χ4n) is 0.910. The third kappa shape index (κ3) is 1.19. The zero-order chi connectivity index (χ0) is 8.55. The zero-order valence-electron chi connectivity index (χ0n) is 6.40. The first kappa shape index (κ1) is 7.95. The van der Waals surface area contributed by atoms with Gasteiger partial charge in [0.05, 0.1) is 10.8 Å². The molecule has 2 rings (SSSR count). The van der Waals surface area contributed by atoms with Crippen LogP contribution in [0.15, 0.2) is 11.4 Å². The molecule has 2 heterocycles. The molecule has 2 aromatic heterocycles. The van der Waals surface area contributed by atoms with Gasteiger partial charge < -0.3 is 0 Å². The highest BCUT2D eigenvalue weighted by atomic mass is 32.2. The van der Waals surface area contributed by atoms with E-state index in [1.807, 2.05) is 6.26 Å². The molecule has 1 atom stereocenters. The van der Waals surface area contributed by atoms with Gasteiger partial charge in [0.25, 0.3) is 0 Å². The summed E-state index contributed by atoms with van der Waals surface area (Å²) in [6.07, 6.45) is 3.72. The van der Waals surface area contributed by atoms with Gasteiger partial charge in [-0.2, -0.15) is 5.10 Å². The second-order valence-corrected chi connectivity index (χ2v) is 3.55. The minimum absolute atomic E-state index is 0.760. The molecule has 0 radical (unpaired) electrons. The Morgan fingerprint density at radius 3 is 3.17 bits per heavy atom. The van der Waals surface area contributed by atoms with Crippen LogP contribution in [0.4, 0.5) is 0 Å². The van der Waals surface area contributed by atoms with Crippen molar-refractivity contribution in [1.82, 2.24) is 20.2 Å². The van der Waals surface area contributed by atoms with Crippen LogP contribution < -0.4 is 5.44 Å². The number of aromatic amines is 1. The molecule has 0 fully saturated rings. The average molecular weight is 198 g/mol. The van der Waals surface area contributed by atoms with Crippen LogP contribution in [0.3, 0.4) is 0 Å². The molecule has 0 saturated heterocycles. The molecule has 0 amide bonds. The fourth-order valence-corrected chi connectivity index (χ4v) is 1.53. The van der Waals surface area contributed by atoms with E-state index in [1.54, 1.807) is 6.20 Å². The fraction of sp³-hybridized carbons (Fsp3) is 0.167. The number of nitrogens with one attached hydrogen (secondary N) is 1. The van der Waals surface area contributed by atoms with E-state index >= 15 is 0 Å². The summed E-state index contributed by atoms with van der Waals surface area (Å²) < 4.78 is 0. The van der Waals surface area contributed by atoms with Gasteiger partial charge in [0.15, 0.2) is 10.8 Å². The Kier molecular flexibility index (Phi) is 1.98. The largest absolute Gasteiger partial charge is 0.260 e. The van der Waals surface area contributed by atoms with Crippen molar-refractivity contribution < 1.29 is 0 Å². The summed E-state index contributed by atoms with van der Waals surface area (Å²) >= 11 is 1.52. The molecule has 0 aliphatic carbocycles. The van der Waals surface area contributed by atoms with Crippen LogP contribution in [0.25, 0.3) is 11.0 Å². The van der Waals surface area contributed by atoms with Crippen LogP contribution >= 0.6 is 21.0 Å². The first-order valence-corrected chi connectivity index (χ1v) is 5.12. The Bertz CT molecular complexity index is 413. The molecule has 0 saturated carbocycles. The Morgan fingerprint density at radius 2 is 2.42 bits per heavy atom. The predicted molar refractivity (Wildman–Crippen MR) is 52.8 cm³/mol. The molecule has 0 aliphatic rings. The highest BCUT2D eigenvalue weighted by Gasteiger charge is 2.03. The lowest BCUT2D eigenvalue weighted by Gasteiger charge is -1.92. The summed E-state index contributed by atoms with van der Waals surface area (Å²) in [5, 5.41) is 8.54. The smallest absolute Gasteiger partial charge is 0.189 e. The van der Waals surface area contributed by atoms with Crippen LogP contribution in [-0.2, 0) is 0 Å². The molecule has 6 heteroatoms. The van der Waals surface area contributed by atoms with E-state index in [1.165, 1.54) is 11.8 Å². The lowest BCUT2D eigenvalue weighted by atomic mass is 10.4. The Labute approximate surface area is 75.8 Å². The third-order valence-electron chi connectivity index (χ3n) is 1.51. The van der Waals surface area contributed by atoms with Gasteiger partial charge in [-0.15, -0.1) is 0 Å². The van der Waals surface area contributed by atoms with Gasteiger partial charge in [-0.3, -0.25) is 5.10 Å². The van der Waals surface area contributed by atoms with Crippen molar-refractivity contribution in [2.45, 2.75) is 5.16 Å². The number of aromatic nitrogens is 4. The number of rotatable bonds is 1. The van der Waals surface area contributed by atoms with Crippen molar-refractivity contribution in [3.8, 4) is 0 Å². The lowest BCUT2D eigenvalue weighted by molar-refractivity contribution is 0.985. The molecule has 0 spiro atoms. The second kappa shape index (κ2) is 2.99. The van der Waals surface area contributed by atoms with Crippen LogP contribution in [0.2, 0.25) is 0 Å². The van der Waals surface area contributed by atoms with Crippen molar-refractivity contribution >= 4 is 37.5 Å². The van der Waals surface area contributed by atoms with Crippen molar-refractivity contribution in [3.63, 3.8) is 0 Å². The van der Waals surface area contributed by atoms with Gasteiger partial charge in [-0.25, -0.2) is 9.97 Å². The van der Waals surface area contributed by atoms with E-state index in [-0.39, 0.29) is 0 Å². The van der Waals surface area contributed by atoms with Gasteiger partial charge in [0.2, 0.25) is 0 Å². The van der Waals surface area contributed by atoms with Crippen LogP contribution in [0, 0.1) is 0 Å². The van der Waals surface area contributed by atoms with E-state index < -0.39 is 0 Å². The van der Waals surface area contributed by atoms with Gasteiger partial charge in [-0.1, -0.05) is 21.0 Å². The molecular formula is C6H7N4PS. The lowest BCUT2D eigenvalue weighted by Crippen LogP contribution is -1.91. The normalized spacial score (nSPS) is 10.8. The van der Waals surface area contributed by atoms with Gasteiger partial charge in [0, 0.05) is 6.20 Å². The van der Waals surface area contributed by atoms with Crippen LogP contribution in [-0.4, -0.2) is 26.4 Å². The van der Waals surface area contributed by atoms with E-state index in [9.17, 15) is 0 Å². The number of fused-ring (bicyclic) bond motifs is 1. The monoisotopic (exact) mass is 198 g/mol. The maximum atomic E-state index is 4.24. The van der Waals surface area contributed by atoms with Crippen molar-refractivity contribution in [3.05, 3.63) is 6.20 Å². The molecule has 62 valence electrons. The van der Waals surface area contributed by atoms with Gasteiger partial charge in [-0.05, 0) is 6.26 Å². The molecule has 0 bridgehead atoms. The molecule has 0 aromatic carbocycles. The van der Waals surface area contributed by atoms with Crippen molar-refractivity contribution in [2.24, 2.45) is 0 Å². The molecule has 0 aliphatic heterocycles. The van der Waals surface area contributed by atoms with E-state index in [4.69, 9.17) is 0 Å². The molecule has 12 heavy (non-hydrogen) atoms. The van der Waals surface area contributed by atoms with Gasteiger partial charge in [0.1, 0.15) is 0 Å². The topological polar surface area (TPSA) is 54.5 Å². The Hall–Kier alpha value is -0.670. The third-order valence-corrected chi connectivity index (χ3v) is 2.51. The SMILES string of the molecule is CSc1ncc2c(P)n[nH]c2n1. The minimum Gasteiger partial charge on any atom is -0.260 e. The quantitative estimate of drug-likeness (QED) is 0.413. The number of nitrogens with zero attached hydrogens (tertiary/aromatic N) is 3. The predicted octanol–water partition coefficient (Wildman–Crippen LogP) is 0.575. The van der Waals surface area contributed by atoms with Crippen molar-refractivity contribution in [1.29, 1.82) is 0 Å². The summed E-state index contributed by atoms with van der Waals surface area (Å²) in [6, 6.07) is 0. The number of hydrogen-bond acceptors (Lipinski definition) is 4. The number of thioether (sulfide) groups is 1. The number of H-pyrrole nitrogens is 1. The van der Waals surface area contributed by atoms with Crippen LogP contribution in [0.1, 0.15) is 0 Å². The molecule has 1 N–H and O–H groups in total. The van der Waals surface area contributed by atoms with Gasteiger partial charge >= 0.3 is 0 Å². The standard InChI is InChI=1S/C6H7N4PS/c1-12-6-7-2-3-4(8-6)9-10-5(3)11/h2H,11H2,1H3,(H,7,8,9,10). The van der Waals surface area contributed by atoms with E-state index in [2.05, 4.69) is 29.4 Å². The summed E-state index contributed by atoms with van der Waals surface area (Å²) in [5.41, 5.74) is 1.65. The maximum absolute atomic E-state index is 4.24. The number of hydrogen-bond donors (Lipinski definition) is 1. The maximum Gasteiger partial charge on any atom is 0.189 e. The summed E-state index contributed by atoms with van der Waals surface area (Å²) in [4.78, 5) is 8.37.